The Balaban J connectivity index is 1.13. The molecule has 6 nitrogen and oxygen atoms in total. The molecule has 1 amide bonds. The fourth-order valence-electron chi connectivity index (χ4n) is 6.59. The summed E-state index contributed by atoms with van der Waals surface area (Å²) in [6, 6.07) is 13.8. The van der Waals surface area contributed by atoms with E-state index in [0.29, 0.717) is 47.5 Å². The minimum absolute atomic E-state index is 0.00323. The molecule has 40 heavy (non-hydrogen) atoms. The molecule has 0 spiro atoms. The number of benzene rings is 2. The number of rotatable bonds is 8. The van der Waals surface area contributed by atoms with Gasteiger partial charge in [-0.1, -0.05) is 47.5 Å². The van der Waals surface area contributed by atoms with Crippen LogP contribution in [0.25, 0.3) is 6.08 Å². The fourth-order valence-corrected chi connectivity index (χ4v) is 6.90. The van der Waals surface area contributed by atoms with Gasteiger partial charge in [0, 0.05) is 37.3 Å². The molecule has 2 aromatic rings. The number of para-hydroxylation sites is 1. The number of amides is 1. The number of carbonyl (C=O) groups is 2. The number of anilines is 1. The topological polar surface area (TPSA) is 61.9 Å². The minimum Gasteiger partial charge on any atom is -0.465 e. The van der Waals surface area contributed by atoms with E-state index in [1.165, 1.54) is 11.3 Å². The quantitative estimate of drug-likeness (QED) is 0.284. The summed E-state index contributed by atoms with van der Waals surface area (Å²) in [5.74, 6) is 1.46. The summed E-state index contributed by atoms with van der Waals surface area (Å²) in [4.78, 5) is 30.1. The van der Waals surface area contributed by atoms with Crippen molar-refractivity contribution in [3.05, 3.63) is 69.7 Å². The smallest absolute Gasteiger partial charge is 0.323 e. The van der Waals surface area contributed by atoms with E-state index >= 15 is 0 Å². The molecule has 2 saturated heterocycles. The molecule has 3 aliphatic rings. The van der Waals surface area contributed by atoms with Crippen LogP contribution in [-0.4, -0.2) is 67.0 Å². The van der Waals surface area contributed by atoms with Crippen LogP contribution in [0.15, 0.2) is 48.5 Å². The zero-order valence-corrected chi connectivity index (χ0v) is 24.7. The lowest BCUT2D eigenvalue weighted by atomic mass is 9.80. The Hall–Kier alpha value is -2.54. The Kier molecular flexibility index (Phi) is 9.72. The van der Waals surface area contributed by atoms with E-state index in [4.69, 9.17) is 27.9 Å². The third-order valence-corrected chi connectivity index (χ3v) is 9.60. The molecule has 3 aliphatic heterocycles. The minimum atomic E-state index is -0.211. The van der Waals surface area contributed by atoms with Gasteiger partial charge in [-0.3, -0.25) is 14.5 Å². The molecule has 0 aliphatic carbocycles. The van der Waals surface area contributed by atoms with E-state index in [1.807, 2.05) is 17.9 Å². The first kappa shape index (κ1) is 29.0. The maximum atomic E-state index is 13.1. The van der Waals surface area contributed by atoms with E-state index in [1.54, 1.807) is 24.3 Å². The lowest BCUT2D eigenvalue weighted by Gasteiger charge is -2.40. The third-order valence-electron chi connectivity index (χ3n) is 8.86. The number of ether oxygens (including phenoxy) is 1. The van der Waals surface area contributed by atoms with Gasteiger partial charge in [0.1, 0.15) is 6.04 Å². The average Bonchev–Trinajstić information content (AvgIpc) is 3.41. The van der Waals surface area contributed by atoms with Gasteiger partial charge in [-0.2, -0.15) is 0 Å². The van der Waals surface area contributed by atoms with E-state index in [2.05, 4.69) is 34.5 Å². The van der Waals surface area contributed by atoms with Crippen LogP contribution in [0.2, 0.25) is 10.0 Å². The van der Waals surface area contributed by atoms with Gasteiger partial charge < -0.3 is 15.0 Å². The molecule has 3 heterocycles. The molecule has 0 saturated carbocycles. The Labute approximate surface area is 247 Å². The van der Waals surface area contributed by atoms with Crippen LogP contribution in [-0.2, 0) is 14.3 Å². The Morgan fingerprint density at radius 1 is 1.02 bits per heavy atom. The first-order valence-electron chi connectivity index (χ1n) is 14.6. The number of hydrogen-bond donors (Lipinski definition) is 1. The summed E-state index contributed by atoms with van der Waals surface area (Å²) >= 11 is 12.1. The second-order valence-electron chi connectivity index (χ2n) is 11.2. The number of nitrogens with zero attached hydrogens (tertiary/aromatic N) is 2. The molecule has 214 valence electrons. The highest BCUT2D eigenvalue weighted by Gasteiger charge is 2.37. The Morgan fingerprint density at radius 2 is 1.77 bits per heavy atom. The van der Waals surface area contributed by atoms with Crippen LogP contribution in [0.4, 0.5) is 5.69 Å². The second-order valence-corrected chi connectivity index (χ2v) is 12.0. The molecule has 1 N–H and O–H groups in total. The number of piperidine rings is 2. The number of nitrogens with one attached hydrogen (secondary N) is 1. The highest BCUT2D eigenvalue weighted by Crippen LogP contribution is 2.41. The first-order valence-corrected chi connectivity index (χ1v) is 15.3. The molecule has 8 heteroatoms. The maximum absolute atomic E-state index is 13.1. The average molecular weight is 585 g/mol. The van der Waals surface area contributed by atoms with Gasteiger partial charge in [0.25, 0.3) is 0 Å². The fraction of sp³-hybridized carbons (Fsp3) is 0.500. The highest BCUT2D eigenvalue weighted by molar-refractivity contribution is 6.42. The largest absolute Gasteiger partial charge is 0.465 e. The van der Waals surface area contributed by atoms with Crippen molar-refractivity contribution in [1.82, 2.24) is 9.80 Å². The van der Waals surface area contributed by atoms with Crippen molar-refractivity contribution in [1.29, 1.82) is 0 Å². The summed E-state index contributed by atoms with van der Waals surface area (Å²) in [6.07, 6.45) is 8.13. The molecule has 0 radical (unpaired) electrons. The zero-order valence-electron chi connectivity index (χ0n) is 23.2. The molecule has 2 fully saturated rings. The number of likely N-dealkylation sites (tertiary alicyclic amines) is 2. The van der Waals surface area contributed by atoms with E-state index in [9.17, 15) is 9.59 Å². The lowest BCUT2D eigenvalue weighted by molar-refractivity contribution is -0.151. The predicted octanol–water partition coefficient (Wildman–Crippen LogP) is 6.49. The number of halogens is 2. The van der Waals surface area contributed by atoms with Crippen LogP contribution in [0.3, 0.4) is 0 Å². The molecular weight excluding hydrogens is 545 g/mol. The molecule has 0 bridgehead atoms. The van der Waals surface area contributed by atoms with Crippen molar-refractivity contribution in [2.45, 2.75) is 51.0 Å². The van der Waals surface area contributed by atoms with Gasteiger partial charge in [0.15, 0.2) is 0 Å². The van der Waals surface area contributed by atoms with Crippen molar-refractivity contribution in [2.24, 2.45) is 11.8 Å². The molecule has 0 aromatic heterocycles. The number of hydrogen-bond acceptors (Lipinski definition) is 5. The number of fused-ring (bicyclic) bond motifs is 1. The van der Waals surface area contributed by atoms with Gasteiger partial charge in [0.2, 0.25) is 5.91 Å². The van der Waals surface area contributed by atoms with Gasteiger partial charge in [-0.05, 0) is 99.4 Å². The van der Waals surface area contributed by atoms with Gasteiger partial charge >= 0.3 is 5.97 Å². The van der Waals surface area contributed by atoms with Crippen LogP contribution in [0.1, 0.15) is 56.1 Å². The normalized spacial score (nSPS) is 21.3. The van der Waals surface area contributed by atoms with Gasteiger partial charge in [-0.15, -0.1) is 0 Å². The Bertz CT molecular complexity index is 1220. The lowest BCUT2D eigenvalue weighted by Crippen LogP contribution is -2.49. The summed E-state index contributed by atoms with van der Waals surface area (Å²) in [5, 5.41) is 4.54. The van der Waals surface area contributed by atoms with Crippen molar-refractivity contribution in [2.75, 3.05) is 44.6 Å². The van der Waals surface area contributed by atoms with E-state index < -0.39 is 0 Å². The van der Waals surface area contributed by atoms with Crippen LogP contribution < -0.4 is 5.32 Å². The van der Waals surface area contributed by atoms with Crippen LogP contribution in [0.5, 0.6) is 0 Å². The third kappa shape index (κ3) is 6.84. The molecule has 2 atom stereocenters. The standard InChI is InChI=1S/C32H39Cl2N3O3/c1-2-40-32(39)30(36-17-13-24(14-18-36)26-21-35-29-6-4-3-5-25(26)29)20-23-11-15-37(16-12-23)31(38)10-8-22-7-9-27(33)28(34)19-22/h3-10,19,23-24,26,30,35H,2,11-18,20-21H2,1H3/b10-8+. The van der Waals surface area contributed by atoms with Crippen molar-refractivity contribution in [3.63, 3.8) is 0 Å². The Morgan fingerprint density at radius 3 is 2.50 bits per heavy atom. The van der Waals surface area contributed by atoms with Gasteiger partial charge in [-0.25, -0.2) is 0 Å². The molecule has 2 aromatic carbocycles. The van der Waals surface area contributed by atoms with Crippen LogP contribution in [0, 0.1) is 11.8 Å². The van der Waals surface area contributed by atoms with Crippen LogP contribution >= 0.6 is 23.2 Å². The van der Waals surface area contributed by atoms with Crippen molar-refractivity contribution in [3.8, 4) is 0 Å². The van der Waals surface area contributed by atoms with Crippen molar-refractivity contribution >= 4 is 46.8 Å². The number of esters is 1. The molecule has 2 unspecified atom stereocenters. The first-order chi connectivity index (χ1) is 19.4. The summed E-state index contributed by atoms with van der Waals surface area (Å²) in [5.41, 5.74) is 3.55. The van der Waals surface area contributed by atoms with E-state index in [0.717, 1.165) is 57.3 Å². The SMILES string of the molecule is CCOC(=O)C(CC1CCN(C(=O)/C=C/c2ccc(Cl)c(Cl)c2)CC1)N1CCC(C2CNc3ccccc32)CC1. The van der Waals surface area contributed by atoms with Gasteiger partial charge in [0.05, 0.1) is 16.7 Å². The second kappa shape index (κ2) is 13.4. The maximum Gasteiger partial charge on any atom is 0.323 e. The predicted molar refractivity (Wildman–Crippen MR) is 162 cm³/mol. The number of carbonyl (C=O) groups excluding carboxylic acids is 2. The van der Waals surface area contributed by atoms with E-state index in [-0.39, 0.29) is 17.9 Å². The molecular formula is C32H39Cl2N3O3. The monoisotopic (exact) mass is 583 g/mol. The summed E-state index contributed by atoms with van der Waals surface area (Å²) in [6.45, 7) is 6.51. The summed E-state index contributed by atoms with van der Waals surface area (Å²) in [7, 11) is 0. The summed E-state index contributed by atoms with van der Waals surface area (Å²) < 4.78 is 5.54. The zero-order chi connectivity index (χ0) is 28.1. The highest BCUT2D eigenvalue weighted by atomic mass is 35.5. The van der Waals surface area contributed by atoms with Crippen molar-refractivity contribution < 1.29 is 14.3 Å². The molecule has 5 rings (SSSR count).